The molecule has 0 atom stereocenters. The second-order valence-electron chi connectivity index (χ2n) is 4.50. The lowest BCUT2D eigenvalue weighted by Crippen LogP contribution is -2.27. The van der Waals surface area contributed by atoms with E-state index in [4.69, 9.17) is 9.47 Å². The van der Waals surface area contributed by atoms with E-state index in [1.54, 1.807) is 0 Å². The van der Waals surface area contributed by atoms with Crippen LogP contribution in [0.2, 0.25) is 0 Å². The molecule has 1 aliphatic rings. The minimum absolute atomic E-state index is 0.581. The van der Waals surface area contributed by atoms with Gasteiger partial charge in [0, 0.05) is 12.6 Å². The lowest BCUT2D eigenvalue weighted by molar-refractivity contribution is 0.170. The zero-order chi connectivity index (χ0) is 13.0. The monoisotopic (exact) mass is 313 g/mol. The highest BCUT2D eigenvalue weighted by molar-refractivity contribution is 9.10. The highest BCUT2D eigenvalue weighted by atomic mass is 79.9. The molecule has 0 saturated carbocycles. The van der Waals surface area contributed by atoms with Crippen molar-refractivity contribution in [2.24, 2.45) is 0 Å². The fourth-order valence-electron chi connectivity index (χ4n) is 2.11. The molecule has 1 heterocycles. The lowest BCUT2D eigenvalue weighted by atomic mass is 10.1. The minimum Gasteiger partial charge on any atom is -0.486 e. The Labute approximate surface area is 117 Å². The number of fused-ring (bicyclic) bond motifs is 1. The highest BCUT2D eigenvalue weighted by Gasteiger charge is 2.16. The summed E-state index contributed by atoms with van der Waals surface area (Å²) in [5, 5.41) is 3.55. The first kappa shape index (κ1) is 13.7. The average Bonchev–Trinajstić information content (AvgIpc) is 2.40. The van der Waals surface area contributed by atoms with E-state index < -0.39 is 0 Å². The van der Waals surface area contributed by atoms with E-state index >= 15 is 0 Å². The number of rotatable bonds is 5. The smallest absolute Gasteiger partial charge is 0.175 e. The Morgan fingerprint density at radius 3 is 2.67 bits per heavy atom. The van der Waals surface area contributed by atoms with E-state index in [9.17, 15) is 0 Å². The van der Waals surface area contributed by atoms with Gasteiger partial charge in [-0.3, -0.25) is 0 Å². The first-order valence-electron chi connectivity index (χ1n) is 6.56. The van der Waals surface area contributed by atoms with Crippen LogP contribution in [0.1, 0.15) is 32.3 Å². The van der Waals surface area contributed by atoms with Gasteiger partial charge in [-0.15, -0.1) is 0 Å². The summed E-state index contributed by atoms with van der Waals surface area (Å²) in [7, 11) is 0. The van der Waals surface area contributed by atoms with Gasteiger partial charge in [-0.25, -0.2) is 0 Å². The van der Waals surface area contributed by atoms with Crippen molar-refractivity contribution in [1.29, 1.82) is 0 Å². The molecule has 0 amide bonds. The number of hydrogen-bond donors (Lipinski definition) is 1. The summed E-state index contributed by atoms with van der Waals surface area (Å²) in [4.78, 5) is 0. The normalized spacial score (nSPS) is 14.0. The molecule has 0 bridgehead atoms. The van der Waals surface area contributed by atoms with Gasteiger partial charge in [0.05, 0.1) is 4.47 Å². The summed E-state index contributed by atoms with van der Waals surface area (Å²) >= 11 is 3.54. The van der Waals surface area contributed by atoms with Crippen molar-refractivity contribution in [3.05, 3.63) is 22.2 Å². The van der Waals surface area contributed by atoms with Gasteiger partial charge in [0.15, 0.2) is 11.5 Å². The molecule has 1 N–H and O–H groups in total. The average molecular weight is 314 g/mol. The fourth-order valence-corrected chi connectivity index (χ4v) is 2.71. The highest BCUT2D eigenvalue weighted by Crippen LogP contribution is 2.38. The van der Waals surface area contributed by atoms with Crippen molar-refractivity contribution in [1.82, 2.24) is 5.32 Å². The van der Waals surface area contributed by atoms with Crippen LogP contribution in [0.25, 0.3) is 0 Å². The zero-order valence-electron chi connectivity index (χ0n) is 11.0. The van der Waals surface area contributed by atoms with E-state index in [0.717, 1.165) is 35.4 Å². The maximum atomic E-state index is 5.62. The Hall–Kier alpha value is -0.740. The number of hydrogen-bond acceptors (Lipinski definition) is 3. The largest absolute Gasteiger partial charge is 0.486 e. The number of nitrogens with one attached hydrogen (secondary N) is 1. The second kappa shape index (κ2) is 6.43. The van der Waals surface area contributed by atoms with Crippen LogP contribution in [0.3, 0.4) is 0 Å². The Kier molecular flexibility index (Phi) is 4.89. The van der Waals surface area contributed by atoms with Crippen molar-refractivity contribution in [3.63, 3.8) is 0 Å². The molecule has 1 aromatic carbocycles. The topological polar surface area (TPSA) is 30.5 Å². The number of ether oxygens (including phenoxy) is 2. The summed E-state index contributed by atoms with van der Waals surface area (Å²) in [6, 6.07) is 4.74. The van der Waals surface area contributed by atoms with Gasteiger partial charge in [0.2, 0.25) is 0 Å². The molecule has 18 heavy (non-hydrogen) atoms. The van der Waals surface area contributed by atoms with Crippen molar-refractivity contribution in [2.75, 3.05) is 13.2 Å². The predicted octanol–water partition coefficient (Wildman–Crippen LogP) is 3.50. The molecule has 3 nitrogen and oxygen atoms in total. The Balaban J connectivity index is 2.07. The van der Waals surface area contributed by atoms with Gasteiger partial charge < -0.3 is 14.8 Å². The van der Waals surface area contributed by atoms with Gasteiger partial charge in [0.1, 0.15) is 13.2 Å². The summed E-state index contributed by atoms with van der Waals surface area (Å²) in [5.74, 6) is 1.67. The first-order valence-corrected chi connectivity index (χ1v) is 7.35. The molecule has 1 aromatic rings. The van der Waals surface area contributed by atoms with Gasteiger partial charge >= 0.3 is 0 Å². The van der Waals surface area contributed by atoms with E-state index in [-0.39, 0.29) is 0 Å². The molecular weight excluding hydrogens is 294 g/mol. The third-order valence-electron chi connectivity index (χ3n) is 3.24. The quantitative estimate of drug-likeness (QED) is 0.902. The van der Waals surface area contributed by atoms with Crippen molar-refractivity contribution < 1.29 is 9.47 Å². The standard InChI is InChI=1S/C14H20BrNO2/c1-3-11(4-2)16-9-10-7-12(15)14-13(8-10)17-5-6-18-14/h7-8,11,16H,3-6,9H2,1-2H3. The predicted molar refractivity (Wildman–Crippen MR) is 76.3 cm³/mol. The molecule has 0 aliphatic carbocycles. The first-order chi connectivity index (χ1) is 8.74. The molecule has 2 rings (SSSR count). The molecule has 0 fully saturated rings. The molecule has 0 aromatic heterocycles. The molecule has 0 spiro atoms. The maximum Gasteiger partial charge on any atom is 0.175 e. The van der Waals surface area contributed by atoms with Crippen LogP contribution < -0.4 is 14.8 Å². The molecular formula is C14H20BrNO2. The second-order valence-corrected chi connectivity index (χ2v) is 5.35. The van der Waals surface area contributed by atoms with Crippen LogP contribution >= 0.6 is 15.9 Å². The summed E-state index contributed by atoms with van der Waals surface area (Å²) in [6.45, 7) is 6.53. The van der Waals surface area contributed by atoms with Crippen molar-refractivity contribution in [2.45, 2.75) is 39.3 Å². The van der Waals surface area contributed by atoms with Crippen LogP contribution in [-0.4, -0.2) is 19.3 Å². The van der Waals surface area contributed by atoms with E-state index in [2.05, 4.69) is 47.2 Å². The Morgan fingerprint density at radius 1 is 1.22 bits per heavy atom. The fraction of sp³-hybridized carbons (Fsp3) is 0.571. The molecule has 0 saturated heterocycles. The molecule has 100 valence electrons. The maximum absolute atomic E-state index is 5.62. The van der Waals surface area contributed by atoms with Crippen LogP contribution in [-0.2, 0) is 6.54 Å². The van der Waals surface area contributed by atoms with Gasteiger partial charge in [0.25, 0.3) is 0 Å². The van der Waals surface area contributed by atoms with Crippen molar-refractivity contribution in [3.8, 4) is 11.5 Å². The third kappa shape index (κ3) is 3.18. The number of benzene rings is 1. The van der Waals surface area contributed by atoms with Gasteiger partial charge in [-0.1, -0.05) is 13.8 Å². The molecule has 0 radical (unpaired) electrons. The van der Waals surface area contributed by atoms with Crippen molar-refractivity contribution >= 4 is 15.9 Å². The van der Waals surface area contributed by atoms with E-state index in [0.29, 0.717) is 19.3 Å². The minimum atomic E-state index is 0.581. The van der Waals surface area contributed by atoms with Crippen LogP contribution in [0.15, 0.2) is 16.6 Å². The zero-order valence-corrected chi connectivity index (χ0v) is 12.5. The summed E-state index contributed by atoms with van der Waals surface area (Å²) in [6.07, 6.45) is 2.31. The summed E-state index contributed by atoms with van der Waals surface area (Å²) in [5.41, 5.74) is 1.22. The van der Waals surface area contributed by atoms with E-state index in [1.807, 2.05) is 0 Å². The molecule has 4 heteroatoms. The third-order valence-corrected chi connectivity index (χ3v) is 3.83. The van der Waals surface area contributed by atoms with Crippen LogP contribution in [0.5, 0.6) is 11.5 Å². The Morgan fingerprint density at radius 2 is 1.94 bits per heavy atom. The molecule has 0 unspecified atom stereocenters. The van der Waals surface area contributed by atoms with Gasteiger partial charge in [-0.2, -0.15) is 0 Å². The van der Waals surface area contributed by atoms with Crippen LogP contribution in [0.4, 0.5) is 0 Å². The van der Waals surface area contributed by atoms with Gasteiger partial charge in [-0.05, 0) is 46.5 Å². The Bertz CT molecular complexity index is 405. The lowest BCUT2D eigenvalue weighted by Gasteiger charge is -2.21. The van der Waals surface area contributed by atoms with Crippen LogP contribution in [0, 0.1) is 0 Å². The number of halogens is 1. The SMILES string of the molecule is CCC(CC)NCc1cc(Br)c2c(c1)OCCO2. The molecule has 1 aliphatic heterocycles. The van der Waals surface area contributed by atoms with E-state index in [1.165, 1.54) is 5.56 Å². The summed E-state index contributed by atoms with van der Waals surface area (Å²) < 4.78 is 12.2.